The molecule has 0 radical (unpaired) electrons. The van der Waals surface area contributed by atoms with Gasteiger partial charge in [0.05, 0.1) is 18.8 Å². The summed E-state index contributed by atoms with van der Waals surface area (Å²) in [6.07, 6.45) is 3.31. The molecule has 1 aromatic carbocycles. The van der Waals surface area contributed by atoms with Crippen molar-refractivity contribution in [2.45, 2.75) is 32.7 Å². The zero-order valence-corrected chi connectivity index (χ0v) is 15.9. The predicted molar refractivity (Wildman–Crippen MR) is 99.9 cm³/mol. The Kier molecular flexibility index (Phi) is 5.05. The van der Waals surface area contributed by atoms with Crippen LogP contribution in [0.1, 0.15) is 42.5 Å². The van der Waals surface area contributed by atoms with Crippen LogP contribution in [0.15, 0.2) is 35.0 Å². The lowest BCUT2D eigenvalue weighted by Gasteiger charge is -2.16. The fourth-order valence-corrected chi connectivity index (χ4v) is 3.24. The lowest BCUT2D eigenvalue weighted by molar-refractivity contribution is 0.0787. The molecule has 0 N–H and O–H groups in total. The number of likely N-dealkylation sites (tertiary alicyclic amines) is 1. The van der Waals surface area contributed by atoms with Crippen LogP contribution in [0, 0.1) is 0 Å². The Morgan fingerprint density at radius 2 is 2.11 bits per heavy atom. The third kappa shape index (κ3) is 3.60. The predicted octanol–water partition coefficient (Wildman–Crippen LogP) is 2.38. The van der Waals surface area contributed by atoms with Gasteiger partial charge in [-0.05, 0) is 37.6 Å². The summed E-state index contributed by atoms with van der Waals surface area (Å²) in [5.41, 5.74) is 1.20. The minimum atomic E-state index is 0.00961. The lowest BCUT2D eigenvalue weighted by Crippen LogP contribution is -2.29. The summed E-state index contributed by atoms with van der Waals surface area (Å²) in [5, 5.41) is 12.2. The van der Waals surface area contributed by atoms with Gasteiger partial charge in [-0.3, -0.25) is 4.79 Å². The highest BCUT2D eigenvalue weighted by Crippen LogP contribution is 2.25. The van der Waals surface area contributed by atoms with Crippen molar-refractivity contribution in [2.24, 2.45) is 0 Å². The summed E-state index contributed by atoms with van der Waals surface area (Å²) in [6, 6.07) is 7.32. The Labute approximate surface area is 162 Å². The summed E-state index contributed by atoms with van der Waals surface area (Å²) in [5.74, 6) is 1.78. The Balaban J connectivity index is 1.41. The molecule has 3 heterocycles. The van der Waals surface area contributed by atoms with E-state index in [-0.39, 0.29) is 11.9 Å². The van der Waals surface area contributed by atoms with E-state index in [4.69, 9.17) is 9.26 Å². The highest BCUT2D eigenvalue weighted by Gasteiger charge is 2.29. The average Bonchev–Trinajstić information content (AvgIpc) is 3.47. The van der Waals surface area contributed by atoms with Gasteiger partial charge in [0, 0.05) is 25.1 Å². The van der Waals surface area contributed by atoms with E-state index >= 15 is 0 Å². The number of hydrogen-bond donors (Lipinski definition) is 0. The summed E-state index contributed by atoms with van der Waals surface area (Å²) in [6.45, 7) is 5.75. The molecule has 146 valence electrons. The van der Waals surface area contributed by atoms with E-state index in [0.29, 0.717) is 49.1 Å². The van der Waals surface area contributed by atoms with E-state index in [1.165, 1.54) is 0 Å². The van der Waals surface area contributed by atoms with Gasteiger partial charge in [0.25, 0.3) is 11.8 Å². The number of nitrogens with zero attached hydrogens (tertiary/aromatic N) is 6. The third-order valence-electron chi connectivity index (χ3n) is 4.75. The molecule has 1 amide bonds. The molecule has 0 unspecified atom stereocenters. The zero-order chi connectivity index (χ0) is 19.5. The maximum absolute atomic E-state index is 12.8. The SMILES string of the molecule is CCOc1ccc(C(=O)N2CC[C@@H](n3cc(-c4nc(CC)no4)nn3)C2)cc1. The van der Waals surface area contributed by atoms with Crippen molar-refractivity contribution < 1.29 is 14.1 Å². The van der Waals surface area contributed by atoms with E-state index < -0.39 is 0 Å². The third-order valence-corrected chi connectivity index (χ3v) is 4.75. The summed E-state index contributed by atoms with van der Waals surface area (Å²) >= 11 is 0. The molecular formula is C19H22N6O3. The van der Waals surface area contributed by atoms with Crippen LogP contribution < -0.4 is 4.74 Å². The van der Waals surface area contributed by atoms with Crippen molar-refractivity contribution in [1.29, 1.82) is 0 Å². The first-order valence-electron chi connectivity index (χ1n) is 9.44. The summed E-state index contributed by atoms with van der Waals surface area (Å²) in [4.78, 5) is 18.9. The van der Waals surface area contributed by atoms with E-state index in [9.17, 15) is 4.79 Å². The summed E-state index contributed by atoms with van der Waals surface area (Å²) < 4.78 is 12.4. The van der Waals surface area contributed by atoms with E-state index in [0.717, 1.165) is 12.2 Å². The molecule has 1 atom stereocenters. The normalized spacial score (nSPS) is 16.5. The van der Waals surface area contributed by atoms with Gasteiger partial charge in [0.1, 0.15) is 5.75 Å². The maximum Gasteiger partial charge on any atom is 0.280 e. The number of benzene rings is 1. The molecule has 9 nitrogen and oxygen atoms in total. The fourth-order valence-electron chi connectivity index (χ4n) is 3.24. The van der Waals surface area contributed by atoms with Crippen molar-refractivity contribution in [3.63, 3.8) is 0 Å². The first kappa shape index (κ1) is 18.1. The number of aryl methyl sites for hydroxylation is 1. The van der Waals surface area contributed by atoms with Crippen LogP contribution in [-0.4, -0.2) is 55.6 Å². The molecule has 9 heteroatoms. The van der Waals surface area contributed by atoms with Crippen LogP contribution >= 0.6 is 0 Å². The first-order valence-corrected chi connectivity index (χ1v) is 9.44. The quantitative estimate of drug-likeness (QED) is 0.645. The molecule has 1 aliphatic rings. The van der Waals surface area contributed by atoms with Crippen molar-refractivity contribution in [3.8, 4) is 17.3 Å². The van der Waals surface area contributed by atoms with E-state index in [1.54, 1.807) is 23.0 Å². The second-order valence-electron chi connectivity index (χ2n) is 6.60. The molecule has 28 heavy (non-hydrogen) atoms. The van der Waals surface area contributed by atoms with E-state index in [1.807, 2.05) is 30.9 Å². The van der Waals surface area contributed by atoms with Crippen molar-refractivity contribution >= 4 is 5.91 Å². The highest BCUT2D eigenvalue weighted by atomic mass is 16.5. The average molecular weight is 382 g/mol. The zero-order valence-electron chi connectivity index (χ0n) is 15.9. The van der Waals surface area contributed by atoms with Crippen molar-refractivity contribution in [3.05, 3.63) is 41.9 Å². The number of carbonyl (C=O) groups excluding carboxylic acids is 1. The van der Waals surface area contributed by atoms with Gasteiger partial charge in [-0.15, -0.1) is 5.10 Å². The van der Waals surface area contributed by atoms with Crippen LogP contribution in [0.25, 0.3) is 11.6 Å². The van der Waals surface area contributed by atoms with Gasteiger partial charge >= 0.3 is 0 Å². The second-order valence-corrected chi connectivity index (χ2v) is 6.60. The minimum absolute atomic E-state index is 0.00961. The standard InChI is InChI=1S/C19H22N6O3/c1-3-17-20-18(28-22-17)16-12-25(23-21-16)14-9-10-24(11-14)19(26)13-5-7-15(8-6-13)27-4-2/h5-8,12,14H,3-4,9-11H2,1-2H3/t14-/m1/s1. The Bertz CT molecular complexity index is 949. The molecule has 0 bridgehead atoms. The number of rotatable bonds is 6. The van der Waals surface area contributed by atoms with E-state index in [2.05, 4.69) is 20.5 Å². The Morgan fingerprint density at radius 3 is 2.82 bits per heavy atom. The topological polar surface area (TPSA) is 99.2 Å². The van der Waals surface area contributed by atoms with Gasteiger partial charge in [0.15, 0.2) is 11.5 Å². The second kappa shape index (κ2) is 7.79. The lowest BCUT2D eigenvalue weighted by atomic mass is 10.2. The smallest absolute Gasteiger partial charge is 0.280 e. The molecule has 0 spiro atoms. The molecule has 3 aromatic rings. The molecule has 0 saturated carbocycles. The van der Waals surface area contributed by atoms with Crippen LogP contribution in [0.2, 0.25) is 0 Å². The molecule has 1 saturated heterocycles. The van der Waals surface area contributed by atoms with Gasteiger partial charge in [-0.2, -0.15) is 4.98 Å². The molecule has 0 aliphatic carbocycles. The molecule has 4 rings (SSSR count). The minimum Gasteiger partial charge on any atom is -0.494 e. The van der Waals surface area contributed by atoms with Crippen LogP contribution in [0.5, 0.6) is 5.75 Å². The largest absolute Gasteiger partial charge is 0.494 e. The van der Waals surface area contributed by atoms with Gasteiger partial charge in [-0.25, -0.2) is 4.68 Å². The van der Waals surface area contributed by atoms with Crippen LogP contribution in [0.3, 0.4) is 0 Å². The summed E-state index contributed by atoms with van der Waals surface area (Å²) in [7, 11) is 0. The molecular weight excluding hydrogens is 360 g/mol. The van der Waals surface area contributed by atoms with Crippen molar-refractivity contribution in [1.82, 2.24) is 30.0 Å². The van der Waals surface area contributed by atoms with Crippen molar-refractivity contribution in [2.75, 3.05) is 19.7 Å². The number of aromatic nitrogens is 5. The maximum atomic E-state index is 12.8. The molecule has 2 aromatic heterocycles. The van der Waals surface area contributed by atoms with Crippen LogP contribution in [-0.2, 0) is 6.42 Å². The molecule has 1 aliphatic heterocycles. The monoisotopic (exact) mass is 382 g/mol. The Hall–Kier alpha value is -3.23. The molecule has 1 fully saturated rings. The number of carbonyl (C=O) groups is 1. The van der Waals surface area contributed by atoms with Gasteiger partial charge in [-0.1, -0.05) is 17.3 Å². The van der Waals surface area contributed by atoms with Gasteiger partial charge < -0.3 is 14.2 Å². The number of ether oxygens (including phenoxy) is 1. The fraction of sp³-hybridized carbons (Fsp3) is 0.421. The van der Waals surface area contributed by atoms with Gasteiger partial charge in [0.2, 0.25) is 0 Å². The Morgan fingerprint density at radius 1 is 1.29 bits per heavy atom. The number of hydrogen-bond acceptors (Lipinski definition) is 7. The van der Waals surface area contributed by atoms with Crippen LogP contribution in [0.4, 0.5) is 0 Å². The highest BCUT2D eigenvalue weighted by molar-refractivity contribution is 5.94. The first-order chi connectivity index (χ1) is 13.7. The number of amides is 1.